The summed E-state index contributed by atoms with van der Waals surface area (Å²) in [6.45, 7) is 5.15. The van der Waals surface area contributed by atoms with E-state index in [0.29, 0.717) is 29.0 Å². The molecule has 1 heterocycles. The van der Waals surface area contributed by atoms with E-state index in [1.807, 2.05) is 23.6 Å². The molecule has 0 fully saturated rings. The number of aryl methyl sites for hydroxylation is 1. The predicted molar refractivity (Wildman–Crippen MR) is 117 cm³/mol. The lowest BCUT2D eigenvalue weighted by Gasteiger charge is -2.09. The molecule has 152 valence electrons. The first-order valence-corrected chi connectivity index (χ1v) is 10.8. The third-order valence-electron chi connectivity index (χ3n) is 4.25. The van der Waals surface area contributed by atoms with Gasteiger partial charge in [-0.2, -0.15) is 0 Å². The zero-order valence-corrected chi connectivity index (χ0v) is 18.0. The molecule has 0 bridgehead atoms. The molecule has 8 heteroatoms. The number of aromatic nitrogens is 3. The summed E-state index contributed by atoms with van der Waals surface area (Å²) in [4.78, 5) is 12.2. The number of nitrogens with zero attached hydrogens (tertiary/aromatic N) is 3. The molecule has 0 saturated heterocycles. The quantitative estimate of drug-likeness (QED) is 0.492. The van der Waals surface area contributed by atoms with Crippen LogP contribution in [-0.2, 0) is 24.4 Å². The summed E-state index contributed by atoms with van der Waals surface area (Å²) in [7, 11) is 0. The standard InChI is InChI=1S/C21H23ClN4O2S/c1-3-15-8-10-18(11-9-15)28-13-19-24-25-21(26(19)4-2)29-14-20(27)23-17-7-5-6-16(22)12-17/h5-12H,3-4,13-14H2,1-2H3,(H,23,27). The Kier molecular flexibility index (Phi) is 7.55. The average molecular weight is 431 g/mol. The maximum atomic E-state index is 12.2. The highest BCUT2D eigenvalue weighted by atomic mass is 35.5. The van der Waals surface area contributed by atoms with E-state index >= 15 is 0 Å². The largest absolute Gasteiger partial charge is 0.486 e. The molecule has 1 N–H and O–H groups in total. The van der Waals surface area contributed by atoms with E-state index in [0.717, 1.165) is 18.0 Å². The topological polar surface area (TPSA) is 69.0 Å². The van der Waals surface area contributed by atoms with Crippen molar-refractivity contribution in [1.29, 1.82) is 0 Å². The summed E-state index contributed by atoms with van der Waals surface area (Å²) in [5, 5.41) is 12.5. The smallest absolute Gasteiger partial charge is 0.234 e. The van der Waals surface area contributed by atoms with Crippen LogP contribution in [0.15, 0.2) is 53.7 Å². The van der Waals surface area contributed by atoms with Gasteiger partial charge in [-0.05, 0) is 49.2 Å². The zero-order valence-electron chi connectivity index (χ0n) is 16.4. The van der Waals surface area contributed by atoms with Gasteiger partial charge in [-0.1, -0.05) is 48.5 Å². The SMILES string of the molecule is CCc1ccc(OCc2nnc(SCC(=O)Nc3cccc(Cl)c3)n2CC)cc1. The monoisotopic (exact) mass is 430 g/mol. The van der Waals surface area contributed by atoms with Crippen molar-refractivity contribution in [3.63, 3.8) is 0 Å². The number of rotatable bonds is 9. The number of ether oxygens (including phenoxy) is 1. The van der Waals surface area contributed by atoms with Gasteiger partial charge in [0, 0.05) is 17.3 Å². The van der Waals surface area contributed by atoms with Crippen LogP contribution in [0, 0.1) is 0 Å². The summed E-state index contributed by atoms with van der Waals surface area (Å²) in [6, 6.07) is 15.1. The second kappa shape index (κ2) is 10.3. The maximum absolute atomic E-state index is 12.2. The summed E-state index contributed by atoms with van der Waals surface area (Å²) in [5.41, 5.74) is 1.94. The Bertz CT molecular complexity index is 960. The minimum Gasteiger partial charge on any atom is -0.486 e. The predicted octanol–water partition coefficient (Wildman–Crippen LogP) is 4.82. The van der Waals surface area contributed by atoms with E-state index in [-0.39, 0.29) is 11.7 Å². The molecule has 2 aromatic carbocycles. The molecule has 0 aliphatic carbocycles. The number of carbonyl (C=O) groups is 1. The van der Waals surface area contributed by atoms with Crippen molar-refractivity contribution in [3.05, 3.63) is 64.9 Å². The molecule has 1 amide bonds. The Hall–Kier alpha value is -2.51. The minimum absolute atomic E-state index is 0.128. The van der Waals surface area contributed by atoms with Crippen LogP contribution in [0.4, 0.5) is 5.69 Å². The van der Waals surface area contributed by atoms with Crippen molar-refractivity contribution in [2.45, 2.75) is 38.6 Å². The molecule has 6 nitrogen and oxygen atoms in total. The van der Waals surface area contributed by atoms with Crippen molar-refractivity contribution in [1.82, 2.24) is 14.8 Å². The third kappa shape index (κ3) is 5.98. The van der Waals surface area contributed by atoms with Crippen LogP contribution in [0.1, 0.15) is 25.2 Å². The van der Waals surface area contributed by atoms with Crippen LogP contribution in [0.3, 0.4) is 0 Å². The Balaban J connectivity index is 1.56. The fourth-order valence-corrected chi connectivity index (χ4v) is 3.72. The highest BCUT2D eigenvalue weighted by molar-refractivity contribution is 7.99. The van der Waals surface area contributed by atoms with Gasteiger partial charge < -0.3 is 14.6 Å². The van der Waals surface area contributed by atoms with Crippen molar-refractivity contribution in [2.24, 2.45) is 0 Å². The first-order valence-electron chi connectivity index (χ1n) is 9.41. The fourth-order valence-electron chi connectivity index (χ4n) is 2.71. The Morgan fingerprint density at radius 1 is 1.17 bits per heavy atom. The van der Waals surface area contributed by atoms with Crippen LogP contribution < -0.4 is 10.1 Å². The van der Waals surface area contributed by atoms with Gasteiger partial charge in [0.15, 0.2) is 11.0 Å². The summed E-state index contributed by atoms with van der Waals surface area (Å²) >= 11 is 7.28. The van der Waals surface area contributed by atoms with Gasteiger partial charge in [-0.3, -0.25) is 4.79 Å². The maximum Gasteiger partial charge on any atom is 0.234 e. The summed E-state index contributed by atoms with van der Waals surface area (Å²) < 4.78 is 7.79. The number of carbonyl (C=O) groups excluding carboxylic acids is 1. The summed E-state index contributed by atoms with van der Waals surface area (Å²) in [6.07, 6.45) is 0.996. The fraction of sp³-hybridized carbons (Fsp3) is 0.286. The highest BCUT2D eigenvalue weighted by Gasteiger charge is 2.14. The van der Waals surface area contributed by atoms with Gasteiger partial charge in [0.1, 0.15) is 12.4 Å². The van der Waals surface area contributed by atoms with E-state index in [2.05, 4.69) is 34.6 Å². The van der Waals surface area contributed by atoms with Crippen LogP contribution >= 0.6 is 23.4 Å². The molecule has 1 aromatic heterocycles. The number of amides is 1. The van der Waals surface area contributed by atoms with Crippen molar-refractivity contribution >= 4 is 35.0 Å². The van der Waals surface area contributed by atoms with Crippen LogP contribution in [0.5, 0.6) is 5.75 Å². The number of benzene rings is 2. The highest BCUT2D eigenvalue weighted by Crippen LogP contribution is 2.20. The number of halogens is 1. The molecule has 0 atom stereocenters. The van der Waals surface area contributed by atoms with E-state index in [4.69, 9.17) is 16.3 Å². The van der Waals surface area contributed by atoms with E-state index in [1.165, 1.54) is 17.3 Å². The molecular formula is C21H23ClN4O2S. The molecule has 29 heavy (non-hydrogen) atoms. The second-order valence-electron chi connectivity index (χ2n) is 6.28. The zero-order chi connectivity index (χ0) is 20.6. The van der Waals surface area contributed by atoms with Crippen molar-refractivity contribution < 1.29 is 9.53 Å². The molecule has 0 aliphatic heterocycles. The van der Waals surface area contributed by atoms with Crippen LogP contribution in [-0.4, -0.2) is 26.4 Å². The van der Waals surface area contributed by atoms with Gasteiger partial charge in [0.25, 0.3) is 0 Å². The lowest BCUT2D eigenvalue weighted by molar-refractivity contribution is -0.113. The van der Waals surface area contributed by atoms with Crippen LogP contribution in [0.25, 0.3) is 0 Å². The number of thioether (sulfide) groups is 1. The van der Waals surface area contributed by atoms with Gasteiger partial charge in [-0.15, -0.1) is 10.2 Å². The third-order valence-corrected chi connectivity index (χ3v) is 5.45. The van der Waals surface area contributed by atoms with Gasteiger partial charge >= 0.3 is 0 Å². The molecule has 0 saturated carbocycles. The van der Waals surface area contributed by atoms with E-state index in [9.17, 15) is 4.79 Å². The van der Waals surface area contributed by atoms with E-state index in [1.54, 1.807) is 24.3 Å². The lowest BCUT2D eigenvalue weighted by atomic mass is 10.2. The average Bonchev–Trinajstić information content (AvgIpc) is 3.13. The second-order valence-corrected chi connectivity index (χ2v) is 7.66. The molecule has 3 rings (SSSR count). The molecule has 0 unspecified atom stereocenters. The Morgan fingerprint density at radius 3 is 2.66 bits per heavy atom. The van der Waals surface area contributed by atoms with E-state index < -0.39 is 0 Å². The first-order chi connectivity index (χ1) is 14.1. The van der Waals surface area contributed by atoms with Gasteiger partial charge in [-0.25, -0.2) is 0 Å². The normalized spacial score (nSPS) is 10.7. The number of anilines is 1. The molecule has 3 aromatic rings. The number of hydrogen-bond donors (Lipinski definition) is 1. The number of nitrogens with one attached hydrogen (secondary N) is 1. The minimum atomic E-state index is -0.128. The first kappa shape index (κ1) is 21.2. The Labute approximate surface area is 179 Å². The van der Waals surface area contributed by atoms with Crippen molar-refractivity contribution in [3.8, 4) is 5.75 Å². The van der Waals surface area contributed by atoms with Gasteiger partial charge in [0.05, 0.1) is 5.75 Å². The van der Waals surface area contributed by atoms with Gasteiger partial charge in [0.2, 0.25) is 5.91 Å². The van der Waals surface area contributed by atoms with Crippen LogP contribution in [0.2, 0.25) is 5.02 Å². The van der Waals surface area contributed by atoms with Crippen molar-refractivity contribution in [2.75, 3.05) is 11.1 Å². The molecule has 0 spiro atoms. The number of hydrogen-bond acceptors (Lipinski definition) is 5. The molecule has 0 radical (unpaired) electrons. The molecular weight excluding hydrogens is 408 g/mol. The summed E-state index contributed by atoms with van der Waals surface area (Å²) in [5.74, 6) is 1.62. The molecule has 0 aliphatic rings. The Morgan fingerprint density at radius 2 is 1.97 bits per heavy atom. The lowest BCUT2D eigenvalue weighted by Crippen LogP contribution is -2.14.